The van der Waals surface area contributed by atoms with Crippen molar-refractivity contribution in [1.29, 1.82) is 0 Å². The molecule has 59 heavy (non-hydrogen) atoms. The molecule has 2 nitrogen and oxygen atoms in total. The van der Waals surface area contributed by atoms with Gasteiger partial charge in [-0.3, -0.25) is 4.98 Å². The highest BCUT2D eigenvalue weighted by atomic mass is 15.0. The number of pyridine rings is 1. The Bertz CT molecular complexity index is 3600. The number of fused-ring (bicyclic) bond motifs is 12. The van der Waals surface area contributed by atoms with Gasteiger partial charge in [-0.25, -0.2) is 0 Å². The van der Waals surface area contributed by atoms with Crippen LogP contribution in [0.3, 0.4) is 0 Å². The fraction of sp³-hybridized carbons (Fsp3) is 0. The van der Waals surface area contributed by atoms with Crippen LogP contribution < -0.4 is 0 Å². The number of hydrogen-bond donors (Lipinski definition) is 0. The molecule has 0 saturated carbocycles. The molecular weight excluding hydrogens is 713 g/mol. The second-order valence-electron chi connectivity index (χ2n) is 15.8. The molecule has 0 saturated heterocycles. The van der Waals surface area contributed by atoms with Crippen LogP contribution in [0, 0.1) is 0 Å². The first-order valence-electron chi connectivity index (χ1n) is 20.4. The highest BCUT2D eigenvalue weighted by Crippen LogP contribution is 2.58. The molecule has 12 aromatic rings. The molecule has 1 aliphatic rings. The molecule has 13 rings (SSSR count). The van der Waals surface area contributed by atoms with Crippen molar-refractivity contribution in [2.45, 2.75) is 0 Å². The van der Waals surface area contributed by atoms with Gasteiger partial charge in [0.15, 0.2) is 0 Å². The van der Waals surface area contributed by atoms with E-state index in [0.717, 1.165) is 16.6 Å². The molecule has 0 fully saturated rings. The summed E-state index contributed by atoms with van der Waals surface area (Å²) in [7, 11) is 0. The molecule has 0 radical (unpaired) electrons. The Labute approximate surface area is 340 Å². The highest BCUT2D eigenvalue weighted by Gasteiger charge is 2.31. The average molecular weight is 747 g/mol. The molecule has 0 N–H and O–H groups in total. The first-order valence-corrected chi connectivity index (χ1v) is 20.4. The van der Waals surface area contributed by atoms with Crippen molar-refractivity contribution in [3.05, 3.63) is 207 Å². The van der Waals surface area contributed by atoms with E-state index in [1.807, 2.05) is 12.4 Å². The lowest BCUT2D eigenvalue weighted by Crippen LogP contribution is -1.95. The monoisotopic (exact) mass is 746 g/mol. The van der Waals surface area contributed by atoms with Crippen LogP contribution >= 0.6 is 0 Å². The molecule has 2 aromatic heterocycles. The molecular formula is C57H34N2. The van der Waals surface area contributed by atoms with Crippen LogP contribution in [0.2, 0.25) is 0 Å². The lowest BCUT2D eigenvalue weighted by atomic mass is 9.82. The number of rotatable bonds is 4. The normalized spacial score (nSPS) is 12.1. The van der Waals surface area contributed by atoms with Crippen molar-refractivity contribution in [2.75, 3.05) is 0 Å². The van der Waals surface area contributed by atoms with Gasteiger partial charge >= 0.3 is 0 Å². The summed E-state index contributed by atoms with van der Waals surface area (Å²) in [6.07, 6.45) is 3.94. The minimum atomic E-state index is 1.13. The smallest absolute Gasteiger partial charge is 0.0626 e. The van der Waals surface area contributed by atoms with E-state index in [1.54, 1.807) is 0 Å². The number of aromatic nitrogens is 2. The van der Waals surface area contributed by atoms with E-state index >= 15 is 0 Å². The molecule has 0 atom stereocenters. The first-order chi connectivity index (χ1) is 29.3. The van der Waals surface area contributed by atoms with Gasteiger partial charge in [0.25, 0.3) is 0 Å². The first kappa shape index (κ1) is 32.3. The van der Waals surface area contributed by atoms with Gasteiger partial charge in [0.05, 0.1) is 11.0 Å². The third-order valence-electron chi connectivity index (χ3n) is 12.8. The van der Waals surface area contributed by atoms with E-state index in [4.69, 9.17) is 0 Å². The Morgan fingerprint density at radius 3 is 1.49 bits per heavy atom. The van der Waals surface area contributed by atoms with Gasteiger partial charge in [0, 0.05) is 34.2 Å². The standard InChI is InChI=1S/C57H34N2/c1-3-14-36(15-4-1)51-44-21-10-11-22-45(44)52(37-16-5-2-6-17-37)56-48-31-30-39(42-24-13-25-47(53(42)48)55(51)56)35-26-28-38(29-27-35)59-50-32-33-58-34-49(50)54-43-20-9-7-18-40(43)41-19-8-12-23-46(41)57(54)59/h1-34H. The van der Waals surface area contributed by atoms with Crippen LogP contribution in [0.4, 0.5) is 0 Å². The Morgan fingerprint density at radius 2 is 0.831 bits per heavy atom. The lowest BCUT2D eigenvalue weighted by Gasteiger charge is -2.20. The summed E-state index contributed by atoms with van der Waals surface area (Å²) < 4.78 is 2.44. The summed E-state index contributed by atoms with van der Waals surface area (Å²) in [4.78, 5) is 4.62. The van der Waals surface area contributed by atoms with Gasteiger partial charge in [-0.05, 0) is 112 Å². The topological polar surface area (TPSA) is 17.8 Å². The zero-order valence-electron chi connectivity index (χ0n) is 32.0. The highest BCUT2D eigenvalue weighted by molar-refractivity contribution is 6.32. The van der Waals surface area contributed by atoms with Gasteiger partial charge in [0.1, 0.15) is 0 Å². The summed E-state index contributed by atoms with van der Waals surface area (Å²) >= 11 is 0. The fourth-order valence-electron chi connectivity index (χ4n) is 10.4. The molecule has 272 valence electrons. The van der Waals surface area contributed by atoms with Crippen molar-refractivity contribution in [3.8, 4) is 61.3 Å². The van der Waals surface area contributed by atoms with Crippen LogP contribution in [0.1, 0.15) is 0 Å². The third kappa shape index (κ3) is 4.49. The molecule has 0 unspecified atom stereocenters. The van der Waals surface area contributed by atoms with Crippen LogP contribution in [-0.4, -0.2) is 9.55 Å². The van der Waals surface area contributed by atoms with Gasteiger partial charge in [-0.1, -0.05) is 176 Å². The van der Waals surface area contributed by atoms with Crippen LogP contribution in [0.25, 0.3) is 126 Å². The SMILES string of the molecule is c1ccc(-c2c3c(c(-c4ccccc4)c4ccccc24)-c2ccc(-c4ccc(-n5c6ccncc6c6c7ccccc7c7ccccc7c65)cc4)c4cccc-3c24)cc1. The van der Waals surface area contributed by atoms with Crippen molar-refractivity contribution < 1.29 is 0 Å². The van der Waals surface area contributed by atoms with E-state index in [1.165, 1.54) is 110 Å². The van der Waals surface area contributed by atoms with Crippen LogP contribution in [0.5, 0.6) is 0 Å². The van der Waals surface area contributed by atoms with Gasteiger partial charge in [-0.2, -0.15) is 0 Å². The Hall–Kier alpha value is -7.81. The third-order valence-corrected chi connectivity index (χ3v) is 12.8. The molecule has 0 spiro atoms. The molecule has 0 bridgehead atoms. The Balaban J connectivity index is 1.04. The molecule has 1 aliphatic carbocycles. The van der Waals surface area contributed by atoms with Gasteiger partial charge < -0.3 is 4.57 Å². The van der Waals surface area contributed by atoms with Crippen LogP contribution in [0.15, 0.2) is 207 Å². The maximum atomic E-state index is 4.62. The van der Waals surface area contributed by atoms with E-state index < -0.39 is 0 Å². The second-order valence-corrected chi connectivity index (χ2v) is 15.8. The zero-order valence-corrected chi connectivity index (χ0v) is 32.0. The molecule has 2 heterocycles. The quantitative estimate of drug-likeness (QED) is 0.164. The Morgan fingerprint density at radius 1 is 0.305 bits per heavy atom. The van der Waals surface area contributed by atoms with Crippen LogP contribution in [-0.2, 0) is 0 Å². The predicted molar refractivity (Wildman–Crippen MR) is 249 cm³/mol. The summed E-state index contributed by atoms with van der Waals surface area (Å²) in [5, 5.41) is 12.6. The van der Waals surface area contributed by atoms with Gasteiger partial charge in [0.2, 0.25) is 0 Å². The predicted octanol–water partition coefficient (Wildman–Crippen LogP) is 15.4. The number of hydrogen-bond acceptors (Lipinski definition) is 1. The van der Waals surface area contributed by atoms with E-state index in [-0.39, 0.29) is 0 Å². The number of nitrogens with zero attached hydrogens (tertiary/aromatic N) is 2. The molecule has 10 aromatic carbocycles. The van der Waals surface area contributed by atoms with Gasteiger partial charge in [-0.15, -0.1) is 0 Å². The Kier molecular flexibility index (Phi) is 6.76. The minimum Gasteiger partial charge on any atom is -0.308 e. The summed E-state index contributed by atoms with van der Waals surface area (Å²) in [6, 6.07) is 71.5. The average Bonchev–Trinajstić information content (AvgIpc) is 3.83. The van der Waals surface area contributed by atoms with Crippen molar-refractivity contribution >= 4 is 64.9 Å². The van der Waals surface area contributed by atoms with Crippen molar-refractivity contribution in [1.82, 2.24) is 9.55 Å². The van der Waals surface area contributed by atoms with Crippen molar-refractivity contribution in [3.63, 3.8) is 0 Å². The fourth-order valence-corrected chi connectivity index (χ4v) is 10.4. The van der Waals surface area contributed by atoms with E-state index in [9.17, 15) is 0 Å². The summed E-state index contributed by atoms with van der Waals surface area (Å²) in [5.74, 6) is 0. The molecule has 0 amide bonds. The van der Waals surface area contributed by atoms with Crippen molar-refractivity contribution in [2.24, 2.45) is 0 Å². The van der Waals surface area contributed by atoms with E-state index in [0.29, 0.717) is 0 Å². The zero-order chi connectivity index (χ0) is 38.6. The minimum absolute atomic E-state index is 1.13. The largest absolute Gasteiger partial charge is 0.308 e. The summed E-state index contributed by atoms with van der Waals surface area (Å²) in [6.45, 7) is 0. The molecule has 0 aliphatic heterocycles. The number of benzene rings is 10. The maximum absolute atomic E-state index is 4.62. The lowest BCUT2D eigenvalue weighted by molar-refractivity contribution is 1.18. The second kappa shape index (κ2) is 12.3. The maximum Gasteiger partial charge on any atom is 0.0626 e. The molecule has 2 heteroatoms. The summed E-state index contributed by atoms with van der Waals surface area (Å²) in [5.41, 5.74) is 16.2. The van der Waals surface area contributed by atoms with E-state index in [2.05, 4.69) is 204 Å².